The number of furan rings is 1. The van der Waals surface area contributed by atoms with Crippen LogP contribution in [-0.2, 0) is 11.3 Å². The molecule has 5 heteroatoms. The number of hydrogen-bond acceptors (Lipinski definition) is 4. The van der Waals surface area contributed by atoms with E-state index in [-0.39, 0.29) is 11.9 Å². The van der Waals surface area contributed by atoms with Gasteiger partial charge in [0.05, 0.1) is 25.5 Å². The van der Waals surface area contributed by atoms with Crippen molar-refractivity contribution in [3.63, 3.8) is 0 Å². The number of carbonyl (C=O) groups excluding carboxylic acids is 1. The summed E-state index contributed by atoms with van der Waals surface area (Å²) in [6, 6.07) is 13.6. The first-order chi connectivity index (χ1) is 11.7. The third-order valence-corrected chi connectivity index (χ3v) is 4.57. The molecule has 1 aromatic heterocycles. The van der Waals surface area contributed by atoms with Crippen LogP contribution in [0.4, 0.5) is 0 Å². The molecule has 0 aliphatic carbocycles. The molecule has 0 radical (unpaired) electrons. The monoisotopic (exact) mass is 328 g/mol. The van der Waals surface area contributed by atoms with Gasteiger partial charge in [0, 0.05) is 6.04 Å². The van der Waals surface area contributed by atoms with E-state index in [1.54, 1.807) is 6.26 Å². The fourth-order valence-corrected chi connectivity index (χ4v) is 3.28. The van der Waals surface area contributed by atoms with Crippen LogP contribution < -0.4 is 5.32 Å². The van der Waals surface area contributed by atoms with E-state index in [1.807, 2.05) is 42.5 Å². The fourth-order valence-electron chi connectivity index (χ4n) is 3.28. The summed E-state index contributed by atoms with van der Waals surface area (Å²) in [6.07, 6.45) is 3.87. The van der Waals surface area contributed by atoms with Crippen LogP contribution in [0.1, 0.15) is 36.7 Å². The van der Waals surface area contributed by atoms with E-state index < -0.39 is 6.10 Å². The van der Waals surface area contributed by atoms with Gasteiger partial charge in [-0.3, -0.25) is 9.69 Å². The molecule has 2 atom stereocenters. The van der Waals surface area contributed by atoms with Crippen LogP contribution in [-0.4, -0.2) is 35.0 Å². The second-order valence-corrected chi connectivity index (χ2v) is 6.28. The standard InChI is InChI=1S/C19H24N2O3/c22-18(15-6-2-1-3-7-15)12-16-8-4-10-21(16)14-19(23)20-13-17-9-5-11-24-17/h1-3,5-7,9,11,16,18,22H,4,8,10,12-14H2,(H,20,23). The minimum absolute atomic E-state index is 0.00694. The third-order valence-electron chi connectivity index (χ3n) is 4.57. The van der Waals surface area contributed by atoms with Gasteiger partial charge in [0.1, 0.15) is 5.76 Å². The molecule has 0 spiro atoms. The molecular formula is C19H24N2O3. The van der Waals surface area contributed by atoms with E-state index in [0.29, 0.717) is 19.5 Å². The van der Waals surface area contributed by atoms with Crippen molar-refractivity contribution < 1.29 is 14.3 Å². The molecule has 0 saturated carbocycles. The van der Waals surface area contributed by atoms with Crippen LogP contribution in [0.3, 0.4) is 0 Å². The molecule has 128 valence electrons. The van der Waals surface area contributed by atoms with Crippen LogP contribution >= 0.6 is 0 Å². The summed E-state index contributed by atoms with van der Waals surface area (Å²) in [5.41, 5.74) is 0.937. The van der Waals surface area contributed by atoms with Gasteiger partial charge in [-0.2, -0.15) is 0 Å². The lowest BCUT2D eigenvalue weighted by Crippen LogP contribution is -2.40. The smallest absolute Gasteiger partial charge is 0.234 e. The highest BCUT2D eigenvalue weighted by molar-refractivity contribution is 5.78. The Hall–Kier alpha value is -2.11. The number of carbonyl (C=O) groups is 1. The zero-order valence-electron chi connectivity index (χ0n) is 13.7. The predicted molar refractivity (Wildman–Crippen MR) is 91.2 cm³/mol. The quantitative estimate of drug-likeness (QED) is 0.819. The predicted octanol–water partition coefficient (Wildman–Crippen LogP) is 2.48. The van der Waals surface area contributed by atoms with Crippen LogP contribution in [0.15, 0.2) is 53.1 Å². The Morgan fingerprint density at radius 2 is 2.12 bits per heavy atom. The number of benzene rings is 1. The van der Waals surface area contributed by atoms with Crippen molar-refractivity contribution in [2.75, 3.05) is 13.1 Å². The highest BCUT2D eigenvalue weighted by atomic mass is 16.3. The van der Waals surface area contributed by atoms with Gasteiger partial charge in [-0.05, 0) is 43.5 Å². The van der Waals surface area contributed by atoms with E-state index in [4.69, 9.17) is 4.42 Å². The molecule has 1 amide bonds. The van der Waals surface area contributed by atoms with Crippen molar-refractivity contribution in [3.8, 4) is 0 Å². The number of aliphatic hydroxyl groups is 1. The molecule has 5 nitrogen and oxygen atoms in total. The van der Waals surface area contributed by atoms with E-state index >= 15 is 0 Å². The van der Waals surface area contributed by atoms with E-state index in [2.05, 4.69) is 10.2 Å². The minimum atomic E-state index is -0.483. The Bertz CT molecular complexity index is 627. The average Bonchev–Trinajstić information content (AvgIpc) is 3.26. The molecule has 1 aliphatic rings. The molecular weight excluding hydrogens is 304 g/mol. The van der Waals surface area contributed by atoms with Gasteiger partial charge in [-0.15, -0.1) is 0 Å². The summed E-state index contributed by atoms with van der Waals surface area (Å²) >= 11 is 0. The number of nitrogens with one attached hydrogen (secondary N) is 1. The molecule has 1 fully saturated rings. The Morgan fingerprint density at radius 3 is 2.88 bits per heavy atom. The topological polar surface area (TPSA) is 65.7 Å². The van der Waals surface area contributed by atoms with Crippen molar-refractivity contribution in [2.45, 2.75) is 38.0 Å². The molecule has 0 bridgehead atoms. The number of rotatable bonds is 7. The third kappa shape index (κ3) is 4.46. The first-order valence-electron chi connectivity index (χ1n) is 8.48. The highest BCUT2D eigenvalue weighted by Gasteiger charge is 2.28. The number of amides is 1. The van der Waals surface area contributed by atoms with Crippen LogP contribution in [0.2, 0.25) is 0 Å². The molecule has 2 heterocycles. The van der Waals surface area contributed by atoms with Crippen LogP contribution in [0.25, 0.3) is 0 Å². The van der Waals surface area contributed by atoms with Gasteiger partial charge in [0.15, 0.2) is 0 Å². The van der Waals surface area contributed by atoms with Crippen LogP contribution in [0.5, 0.6) is 0 Å². The fraction of sp³-hybridized carbons (Fsp3) is 0.421. The Balaban J connectivity index is 1.48. The van der Waals surface area contributed by atoms with Gasteiger partial charge in [0.2, 0.25) is 5.91 Å². The number of likely N-dealkylation sites (tertiary alicyclic amines) is 1. The SMILES string of the molecule is O=C(CN1CCCC1CC(O)c1ccccc1)NCc1ccco1. The van der Waals surface area contributed by atoms with Crippen molar-refractivity contribution in [1.82, 2.24) is 10.2 Å². The Kier molecular flexibility index (Phi) is 5.67. The van der Waals surface area contributed by atoms with Crippen molar-refractivity contribution >= 4 is 5.91 Å². The lowest BCUT2D eigenvalue weighted by Gasteiger charge is -2.26. The molecule has 1 aromatic carbocycles. The summed E-state index contributed by atoms with van der Waals surface area (Å²) < 4.78 is 5.22. The maximum absolute atomic E-state index is 12.1. The van der Waals surface area contributed by atoms with E-state index in [0.717, 1.165) is 30.7 Å². The van der Waals surface area contributed by atoms with Crippen molar-refractivity contribution in [1.29, 1.82) is 0 Å². The summed E-state index contributed by atoms with van der Waals surface area (Å²) in [5, 5.41) is 13.3. The van der Waals surface area contributed by atoms with Gasteiger partial charge < -0.3 is 14.8 Å². The molecule has 2 unspecified atom stereocenters. The maximum atomic E-state index is 12.1. The van der Waals surface area contributed by atoms with Gasteiger partial charge in [-0.1, -0.05) is 30.3 Å². The lowest BCUT2D eigenvalue weighted by atomic mass is 10.0. The zero-order valence-corrected chi connectivity index (χ0v) is 13.7. The highest BCUT2D eigenvalue weighted by Crippen LogP contribution is 2.27. The molecule has 2 aromatic rings. The molecule has 1 aliphatic heterocycles. The summed E-state index contributed by atoms with van der Waals surface area (Å²) in [6.45, 7) is 1.68. The largest absolute Gasteiger partial charge is 0.467 e. The summed E-state index contributed by atoms with van der Waals surface area (Å²) in [5.74, 6) is 0.744. The van der Waals surface area contributed by atoms with Crippen LogP contribution in [0, 0.1) is 0 Å². The van der Waals surface area contributed by atoms with E-state index in [1.165, 1.54) is 0 Å². The first kappa shape index (κ1) is 16.7. The number of nitrogens with zero attached hydrogens (tertiary/aromatic N) is 1. The molecule has 3 rings (SSSR count). The van der Waals surface area contributed by atoms with Gasteiger partial charge in [-0.25, -0.2) is 0 Å². The summed E-state index contributed by atoms with van der Waals surface area (Å²) in [7, 11) is 0. The van der Waals surface area contributed by atoms with Gasteiger partial charge in [0.25, 0.3) is 0 Å². The Labute approximate surface area is 142 Å². The van der Waals surface area contributed by atoms with Gasteiger partial charge >= 0.3 is 0 Å². The molecule has 2 N–H and O–H groups in total. The minimum Gasteiger partial charge on any atom is -0.467 e. The zero-order chi connectivity index (χ0) is 16.8. The summed E-state index contributed by atoms with van der Waals surface area (Å²) in [4.78, 5) is 14.3. The molecule has 1 saturated heterocycles. The van der Waals surface area contributed by atoms with E-state index in [9.17, 15) is 9.90 Å². The number of hydrogen-bond donors (Lipinski definition) is 2. The average molecular weight is 328 g/mol. The second-order valence-electron chi connectivity index (χ2n) is 6.28. The van der Waals surface area contributed by atoms with Crippen molar-refractivity contribution in [3.05, 3.63) is 60.1 Å². The first-order valence-corrected chi connectivity index (χ1v) is 8.48. The maximum Gasteiger partial charge on any atom is 0.234 e. The second kappa shape index (κ2) is 8.13. The number of aliphatic hydroxyl groups excluding tert-OH is 1. The molecule has 24 heavy (non-hydrogen) atoms. The lowest BCUT2D eigenvalue weighted by molar-refractivity contribution is -0.122. The van der Waals surface area contributed by atoms with Crippen molar-refractivity contribution in [2.24, 2.45) is 0 Å². The normalized spacial score (nSPS) is 19.3. The Morgan fingerprint density at radius 1 is 1.29 bits per heavy atom.